The molecule has 0 atom stereocenters. The van der Waals surface area contributed by atoms with Crippen LogP contribution in [0.15, 0.2) is 69.7 Å². The van der Waals surface area contributed by atoms with E-state index in [1.54, 1.807) is 36.4 Å². The van der Waals surface area contributed by atoms with Crippen molar-refractivity contribution in [3.05, 3.63) is 77.9 Å². The van der Waals surface area contributed by atoms with Crippen LogP contribution in [-0.4, -0.2) is 17.5 Å². The molecule has 3 aromatic heterocycles. The zero-order valence-corrected chi connectivity index (χ0v) is 18.6. The fourth-order valence-corrected chi connectivity index (χ4v) is 4.60. The molecule has 0 spiro atoms. The van der Waals surface area contributed by atoms with E-state index < -0.39 is 17.6 Å². The first-order chi connectivity index (χ1) is 16.3. The van der Waals surface area contributed by atoms with Crippen molar-refractivity contribution < 1.29 is 31.5 Å². The molecule has 34 heavy (non-hydrogen) atoms. The van der Waals surface area contributed by atoms with E-state index in [0.717, 1.165) is 17.4 Å². The van der Waals surface area contributed by atoms with Crippen LogP contribution in [0.4, 0.5) is 18.3 Å². The summed E-state index contributed by atoms with van der Waals surface area (Å²) in [7, 11) is 0. The Morgan fingerprint density at radius 1 is 1.15 bits per heavy atom. The average Bonchev–Trinajstić information content (AvgIpc) is 3.55. The average molecular weight is 486 g/mol. The molecule has 3 heterocycles. The van der Waals surface area contributed by atoms with Crippen molar-refractivity contribution in [1.82, 2.24) is 4.98 Å². The number of anilines is 1. The number of para-hydroxylation sites is 2. The number of nitrogens with zero attached hydrogens (tertiary/aromatic N) is 2. The maximum absolute atomic E-state index is 13.6. The highest BCUT2D eigenvalue weighted by molar-refractivity contribution is 7.22. The molecule has 174 valence electrons. The first-order valence-corrected chi connectivity index (χ1v) is 11.1. The van der Waals surface area contributed by atoms with Crippen LogP contribution in [0.5, 0.6) is 5.75 Å². The summed E-state index contributed by atoms with van der Waals surface area (Å²) in [4.78, 5) is 19.0. The fraction of sp³-hybridized carbons (Fsp3) is 0.167. The summed E-state index contributed by atoms with van der Waals surface area (Å²) in [6, 6.07) is 14.0. The zero-order valence-electron chi connectivity index (χ0n) is 17.8. The van der Waals surface area contributed by atoms with E-state index in [-0.39, 0.29) is 23.0 Å². The molecule has 5 aromatic rings. The summed E-state index contributed by atoms with van der Waals surface area (Å²) < 4.78 is 57.7. The molecule has 0 saturated carbocycles. The van der Waals surface area contributed by atoms with Gasteiger partial charge in [0.1, 0.15) is 5.76 Å². The van der Waals surface area contributed by atoms with Crippen LogP contribution in [0.1, 0.15) is 28.8 Å². The van der Waals surface area contributed by atoms with Gasteiger partial charge in [-0.05, 0) is 43.3 Å². The van der Waals surface area contributed by atoms with Crippen LogP contribution in [-0.2, 0) is 12.7 Å². The third-order valence-corrected chi connectivity index (χ3v) is 6.15. The first kappa shape index (κ1) is 22.0. The second-order valence-corrected chi connectivity index (χ2v) is 8.34. The van der Waals surface area contributed by atoms with Crippen molar-refractivity contribution in [3.63, 3.8) is 0 Å². The highest BCUT2D eigenvalue weighted by Gasteiger charge is 2.35. The van der Waals surface area contributed by atoms with Gasteiger partial charge in [0, 0.05) is 5.39 Å². The number of hydrogen-bond acceptors (Lipinski definition) is 6. The van der Waals surface area contributed by atoms with Gasteiger partial charge >= 0.3 is 6.18 Å². The lowest BCUT2D eigenvalue weighted by Crippen LogP contribution is -2.29. The minimum Gasteiger partial charge on any atom is -0.490 e. The van der Waals surface area contributed by atoms with Gasteiger partial charge in [-0.1, -0.05) is 29.5 Å². The number of carbonyl (C=O) groups is 1. The van der Waals surface area contributed by atoms with E-state index in [2.05, 4.69) is 4.98 Å². The first-order valence-electron chi connectivity index (χ1n) is 10.3. The highest BCUT2D eigenvalue weighted by Crippen LogP contribution is 2.39. The second kappa shape index (κ2) is 8.53. The summed E-state index contributed by atoms with van der Waals surface area (Å²) in [5, 5.41) is 0.759. The molecule has 10 heteroatoms. The monoisotopic (exact) mass is 486 g/mol. The Labute approximate surface area is 195 Å². The number of alkyl halides is 3. The Morgan fingerprint density at radius 2 is 1.97 bits per heavy atom. The highest BCUT2D eigenvalue weighted by atomic mass is 32.1. The molecule has 0 unspecified atom stereocenters. The number of amides is 1. The van der Waals surface area contributed by atoms with E-state index >= 15 is 0 Å². The summed E-state index contributed by atoms with van der Waals surface area (Å²) in [5.74, 6) is 0.368. The van der Waals surface area contributed by atoms with Gasteiger partial charge in [0.05, 0.1) is 35.2 Å². The third-order valence-electron chi connectivity index (χ3n) is 5.10. The van der Waals surface area contributed by atoms with Crippen LogP contribution in [0, 0.1) is 0 Å². The van der Waals surface area contributed by atoms with E-state index in [1.165, 1.54) is 23.3 Å². The molecule has 0 fully saturated rings. The van der Waals surface area contributed by atoms with Crippen LogP contribution >= 0.6 is 11.3 Å². The van der Waals surface area contributed by atoms with Gasteiger partial charge < -0.3 is 13.6 Å². The molecule has 6 nitrogen and oxygen atoms in total. The van der Waals surface area contributed by atoms with Crippen LogP contribution in [0.25, 0.3) is 21.2 Å². The Morgan fingerprint density at radius 3 is 2.71 bits per heavy atom. The number of fused-ring (bicyclic) bond motifs is 2. The number of thiazole rings is 1. The predicted molar refractivity (Wildman–Crippen MR) is 121 cm³/mol. The number of benzene rings is 2. The molecule has 2 aromatic carbocycles. The topological polar surface area (TPSA) is 68.7 Å². The lowest BCUT2D eigenvalue weighted by molar-refractivity contribution is -0.136. The number of halogens is 3. The van der Waals surface area contributed by atoms with E-state index in [0.29, 0.717) is 33.8 Å². The largest absolute Gasteiger partial charge is 0.490 e. The van der Waals surface area contributed by atoms with Crippen molar-refractivity contribution in [3.8, 4) is 5.75 Å². The molecule has 0 aliphatic heterocycles. The lowest BCUT2D eigenvalue weighted by atomic mass is 10.2. The van der Waals surface area contributed by atoms with Crippen LogP contribution in [0.3, 0.4) is 0 Å². The van der Waals surface area contributed by atoms with Gasteiger partial charge in [-0.2, -0.15) is 13.2 Å². The standard InChI is InChI=1S/C24H17F3N2O4S/c1-2-31-17-9-3-6-14-12-18(33-21(14)17)22(30)29(13-15-7-5-11-32-15)23-28-20-16(24(25,26)27)8-4-10-19(20)34-23/h3-12H,2,13H2,1H3. The molecule has 0 aliphatic carbocycles. The third kappa shape index (κ3) is 4.01. The summed E-state index contributed by atoms with van der Waals surface area (Å²) in [5.41, 5.74) is -0.659. The summed E-state index contributed by atoms with van der Waals surface area (Å²) >= 11 is 0.985. The minimum atomic E-state index is -4.57. The molecule has 5 rings (SSSR count). The minimum absolute atomic E-state index is 0.00371. The zero-order chi connectivity index (χ0) is 23.9. The van der Waals surface area contributed by atoms with E-state index in [9.17, 15) is 18.0 Å². The second-order valence-electron chi connectivity index (χ2n) is 7.34. The maximum Gasteiger partial charge on any atom is 0.418 e. The molecule has 0 aliphatic rings. The van der Waals surface area contributed by atoms with Gasteiger partial charge in [0.2, 0.25) is 0 Å². The van der Waals surface area contributed by atoms with Gasteiger partial charge in [-0.25, -0.2) is 4.98 Å². The summed E-state index contributed by atoms with van der Waals surface area (Å²) in [6.45, 7) is 2.21. The van der Waals surface area contributed by atoms with Gasteiger partial charge in [0.15, 0.2) is 22.2 Å². The van der Waals surface area contributed by atoms with Gasteiger partial charge in [0.25, 0.3) is 5.91 Å². The molecule has 0 radical (unpaired) electrons. The van der Waals surface area contributed by atoms with Gasteiger partial charge in [-0.15, -0.1) is 0 Å². The number of rotatable bonds is 6. The van der Waals surface area contributed by atoms with Gasteiger partial charge in [-0.3, -0.25) is 9.69 Å². The van der Waals surface area contributed by atoms with Crippen molar-refractivity contribution in [1.29, 1.82) is 0 Å². The summed E-state index contributed by atoms with van der Waals surface area (Å²) in [6.07, 6.45) is -3.12. The Bertz CT molecular complexity index is 1470. The Balaban J connectivity index is 1.60. The normalized spacial score (nSPS) is 11.9. The molecule has 1 amide bonds. The number of hydrogen-bond donors (Lipinski definition) is 0. The van der Waals surface area contributed by atoms with Crippen molar-refractivity contribution in [2.24, 2.45) is 0 Å². The molecular weight excluding hydrogens is 469 g/mol. The smallest absolute Gasteiger partial charge is 0.418 e. The SMILES string of the molecule is CCOc1cccc2cc(C(=O)N(Cc3ccco3)c3nc4c(C(F)(F)F)cccc4s3)oc12. The Hall–Kier alpha value is -3.79. The predicted octanol–water partition coefficient (Wildman–Crippen LogP) is 6.90. The fourth-order valence-electron chi connectivity index (χ4n) is 3.61. The van der Waals surface area contributed by atoms with Crippen molar-refractivity contribution in [2.75, 3.05) is 11.5 Å². The quantitative estimate of drug-likeness (QED) is 0.261. The number of ether oxygens (including phenoxy) is 1. The molecule has 0 bridgehead atoms. The number of carbonyl (C=O) groups excluding carboxylic acids is 1. The number of aromatic nitrogens is 1. The molecular formula is C24H17F3N2O4S. The lowest BCUT2D eigenvalue weighted by Gasteiger charge is -2.17. The van der Waals surface area contributed by atoms with E-state index in [1.807, 2.05) is 6.92 Å². The van der Waals surface area contributed by atoms with Crippen molar-refractivity contribution >= 4 is 43.6 Å². The maximum atomic E-state index is 13.6. The Kier molecular flexibility index (Phi) is 5.52. The van der Waals surface area contributed by atoms with Crippen molar-refractivity contribution in [2.45, 2.75) is 19.6 Å². The molecule has 0 saturated heterocycles. The van der Waals surface area contributed by atoms with E-state index in [4.69, 9.17) is 13.6 Å². The number of furan rings is 2. The van der Waals surface area contributed by atoms with Crippen LogP contribution in [0.2, 0.25) is 0 Å². The van der Waals surface area contributed by atoms with Crippen LogP contribution < -0.4 is 9.64 Å². The molecule has 0 N–H and O–H groups in total.